The molecule has 0 aliphatic rings. The average Bonchev–Trinajstić information content (AvgIpc) is 2.26. The largest absolute Gasteiger partial charge is 0.383 e. The second-order valence-electron chi connectivity index (χ2n) is 4.25. The summed E-state index contributed by atoms with van der Waals surface area (Å²) in [6, 6.07) is 8.13. The van der Waals surface area contributed by atoms with E-state index in [9.17, 15) is 4.21 Å². The Morgan fingerprint density at radius 2 is 2.24 bits per heavy atom. The minimum atomic E-state index is -0.737. The number of aryl methyl sites for hydroxylation is 1. The zero-order valence-electron chi connectivity index (χ0n) is 10.5. The van der Waals surface area contributed by atoms with Gasteiger partial charge in [-0.25, -0.2) is 0 Å². The molecule has 0 bridgehead atoms. The molecule has 3 nitrogen and oxygen atoms in total. The van der Waals surface area contributed by atoms with Crippen molar-refractivity contribution in [3.63, 3.8) is 0 Å². The Bertz CT molecular complexity index is 451. The van der Waals surface area contributed by atoms with Gasteiger partial charge in [-0.15, -0.1) is 0 Å². The van der Waals surface area contributed by atoms with E-state index in [1.54, 1.807) is 6.26 Å². The van der Waals surface area contributed by atoms with E-state index in [0.29, 0.717) is 11.3 Å². The molecule has 1 aromatic carbocycles. The zero-order valence-corrected chi connectivity index (χ0v) is 11.3. The summed E-state index contributed by atoms with van der Waals surface area (Å²) < 4.78 is 11.0. The van der Waals surface area contributed by atoms with Crippen LogP contribution in [0.4, 0.5) is 5.69 Å². The molecule has 0 aromatic heterocycles. The fourth-order valence-electron chi connectivity index (χ4n) is 1.58. The van der Waals surface area contributed by atoms with Gasteiger partial charge in [0.25, 0.3) is 0 Å². The molecule has 0 radical (unpaired) electrons. The van der Waals surface area contributed by atoms with Gasteiger partial charge in [-0.05, 0) is 44.0 Å². The Balaban J connectivity index is 2.60. The maximum absolute atomic E-state index is 11.0. The predicted octanol–water partition coefficient (Wildman–Crippen LogP) is 2.44. The average molecular weight is 250 g/mol. The van der Waals surface area contributed by atoms with E-state index >= 15 is 0 Å². The molecule has 92 valence electrons. The molecular weight excluding hydrogens is 232 g/mol. The van der Waals surface area contributed by atoms with Gasteiger partial charge >= 0.3 is 0 Å². The second-order valence-corrected chi connectivity index (χ2v) is 5.81. The van der Waals surface area contributed by atoms with Crippen LogP contribution in [-0.2, 0) is 10.8 Å². The van der Waals surface area contributed by atoms with Crippen molar-refractivity contribution in [2.45, 2.75) is 26.3 Å². The summed E-state index contributed by atoms with van der Waals surface area (Å²) in [5.41, 5.74) is 2.69. The van der Waals surface area contributed by atoms with Crippen LogP contribution in [0.2, 0.25) is 0 Å². The first-order valence-electron chi connectivity index (χ1n) is 5.60. The number of hydrogen-bond donors (Lipinski definition) is 1. The van der Waals surface area contributed by atoms with Crippen LogP contribution in [0.1, 0.15) is 24.5 Å². The van der Waals surface area contributed by atoms with Crippen LogP contribution >= 0.6 is 0 Å². The van der Waals surface area contributed by atoms with Gasteiger partial charge in [-0.3, -0.25) is 4.21 Å². The van der Waals surface area contributed by atoms with E-state index in [2.05, 4.69) is 18.3 Å². The van der Waals surface area contributed by atoms with E-state index in [0.717, 1.165) is 17.7 Å². The molecule has 0 aliphatic heterocycles. The maximum atomic E-state index is 11.0. The van der Waals surface area contributed by atoms with E-state index in [-0.39, 0.29) is 6.04 Å². The quantitative estimate of drug-likeness (QED) is 0.873. The minimum absolute atomic E-state index is 0.284. The van der Waals surface area contributed by atoms with E-state index in [1.165, 1.54) is 0 Å². The highest BCUT2D eigenvalue weighted by Gasteiger charge is 2.04. The summed E-state index contributed by atoms with van der Waals surface area (Å²) in [6.45, 7) is 4.00. The van der Waals surface area contributed by atoms with Crippen LogP contribution in [0, 0.1) is 18.3 Å². The molecule has 0 heterocycles. The molecule has 0 fully saturated rings. The Morgan fingerprint density at radius 3 is 2.76 bits per heavy atom. The number of rotatable bonds is 5. The first-order valence-corrected chi connectivity index (χ1v) is 7.33. The summed E-state index contributed by atoms with van der Waals surface area (Å²) in [5, 5.41) is 12.2. The third kappa shape index (κ3) is 4.58. The standard InChI is InChI=1S/C13H18N2OS/c1-10-8-13(5-4-12(10)9-14)15-11(2)6-7-17(3)16/h4-5,8,11,15H,6-7H2,1-3H3. The highest BCUT2D eigenvalue weighted by atomic mass is 32.2. The van der Waals surface area contributed by atoms with Gasteiger partial charge in [0.2, 0.25) is 0 Å². The predicted molar refractivity (Wildman–Crippen MR) is 72.5 cm³/mol. The molecule has 0 amide bonds. The van der Waals surface area contributed by atoms with E-state index in [4.69, 9.17) is 5.26 Å². The highest BCUT2D eigenvalue weighted by molar-refractivity contribution is 7.84. The van der Waals surface area contributed by atoms with Crippen LogP contribution in [-0.4, -0.2) is 22.3 Å². The summed E-state index contributed by atoms with van der Waals surface area (Å²) in [7, 11) is -0.737. The van der Waals surface area contributed by atoms with Gasteiger partial charge in [-0.1, -0.05) is 0 Å². The monoisotopic (exact) mass is 250 g/mol. The number of benzene rings is 1. The molecule has 1 rings (SSSR count). The third-order valence-corrected chi connectivity index (χ3v) is 3.41. The van der Waals surface area contributed by atoms with Crippen molar-refractivity contribution in [1.29, 1.82) is 5.26 Å². The molecular formula is C13H18N2OS. The number of anilines is 1. The number of nitriles is 1. The normalized spacial score (nSPS) is 13.8. The molecule has 1 N–H and O–H groups in total. The van der Waals surface area contributed by atoms with Gasteiger partial charge in [0.15, 0.2) is 0 Å². The SMILES string of the molecule is Cc1cc(NC(C)CCS(C)=O)ccc1C#N. The van der Waals surface area contributed by atoms with Crippen LogP contribution in [0.25, 0.3) is 0 Å². The molecule has 0 aliphatic carbocycles. The molecule has 0 saturated carbocycles. The number of nitrogens with one attached hydrogen (secondary N) is 1. The molecule has 17 heavy (non-hydrogen) atoms. The molecule has 1 aromatic rings. The zero-order chi connectivity index (χ0) is 12.8. The Labute approximate surface area is 105 Å². The maximum Gasteiger partial charge on any atom is 0.0994 e. The van der Waals surface area contributed by atoms with Gasteiger partial charge in [0, 0.05) is 34.5 Å². The van der Waals surface area contributed by atoms with Crippen molar-refractivity contribution in [2.75, 3.05) is 17.3 Å². The Morgan fingerprint density at radius 1 is 1.53 bits per heavy atom. The lowest BCUT2D eigenvalue weighted by Crippen LogP contribution is -2.17. The van der Waals surface area contributed by atoms with Gasteiger partial charge in [-0.2, -0.15) is 5.26 Å². The van der Waals surface area contributed by atoms with Crippen LogP contribution in [0.15, 0.2) is 18.2 Å². The topological polar surface area (TPSA) is 52.9 Å². The molecule has 4 heteroatoms. The Kier molecular flexibility index (Phi) is 5.17. The van der Waals surface area contributed by atoms with Crippen molar-refractivity contribution in [3.8, 4) is 6.07 Å². The lowest BCUT2D eigenvalue weighted by molar-refractivity contribution is 0.678. The van der Waals surface area contributed by atoms with Gasteiger partial charge in [0.05, 0.1) is 11.6 Å². The Hall–Kier alpha value is -1.34. The van der Waals surface area contributed by atoms with E-state index in [1.807, 2.05) is 25.1 Å². The highest BCUT2D eigenvalue weighted by Crippen LogP contribution is 2.15. The van der Waals surface area contributed by atoms with Crippen molar-refractivity contribution < 1.29 is 4.21 Å². The van der Waals surface area contributed by atoms with Gasteiger partial charge in [0.1, 0.15) is 0 Å². The molecule has 2 unspecified atom stereocenters. The lowest BCUT2D eigenvalue weighted by atomic mass is 10.1. The summed E-state index contributed by atoms with van der Waals surface area (Å²) in [5.74, 6) is 0.712. The van der Waals surface area contributed by atoms with Crippen molar-refractivity contribution >= 4 is 16.5 Å². The van der Waals surface area contributed by atoms with Gasteiger partial charge < -0.3 is 5.32 Å². The van der Waals surface area contributed by atoms with Crippen molar-refractivity contribution in [3.05, 3.63) is 29.3 Å². The summed E-state index contributed by atoms with van der Waals surface area (Å²) in [4.78, 5) is 0. The smallest absolute Gasteiger partial charge is 0.0994 e. The van der Waals surface area contributed by atoms with Crippen LogP contribution < -0.4 is 5.32 Å². The second kappa shape index (κ2) is 6.41. The molecule has 2 atom stereocenters. The van der Waals surface area contributed by atoms with Crippen molar-refractivity contribution in [1.82, 2.24) is 0 Å². The molecule has 0 saturated heterocycles. The first-order chi connectivity index (χ1) is 8.02. The fourth-order valence-corrected chi connectivity index (χ4v) is 2.26. The van der Waals surface area contributed by atoms with Crippen molar-refractivity contribution in [2.24, 2.45) is 0 Å². The summed E-state index contributed by atoms with van der Waals surface area (Å²) in [6.07, 6.45) is 2.60. The van der Waals surface area contributed by atoms with Crippen LogP contribution in [0.5, 0.6) is 0 Å². The van der Waals surface area contributed by atoms with E-state index < -0.39 is 10.8 Å². The molecule has 0 spiro atoms. The minimum Gasteiger partial charge on any atom is -0.383 e. The summed E-state index contributed by atoms with van der Waals surface area (Å²) >= 11 is 0. The van der Waals surface area contributed by atoms with Crippen LogP contribution in [0.3, 0.4) is 0 Å². The number of nitrogens with zero attached hydrogens (tertiary/aromatic N) is 1. The first kappa shape index (κ1) is 13.7. The lowest BCUT2D eigenvalue weighted by Gasteiger charge is -2.15. The number of hydrogen-bond acceptors (Lipinski definition) is 3. The third-order valence-electron chi connectivity index (χ3n) is 2.60. The fraction of sp³-hybridized carbons (Fsp3) is 0.462.